The van der Waals surface area contributed by atoms with Gasteiger partial charge in [0.1, 0.15) is 5.75 Å². The van der Waals surface area contributed by atoms with Gasteiger partial charge in [0.25, 0.3) is 0 Å². The van der Waals surface area contributed by atoms with Crippen LogP contribution >= 0.6 is 0 Å². The molecule has 0 aliphatic heterocycles. The van der Waals surface area contributed by atoms with Crippen LogP contribution in [0.4, 0.5) is 0 Å². The minimum atomic E-state index is 0.213. The molecule has 0 saturated carbocycles. The lowest BCUT2D eigenvalue weighted by Crippen LogP contribution is -2.02. The predicted octanol–water partition coefficient (Wildman–Crippen LogP) is 1.47. The summed E-state index contributed by atoms with van der Waals surface area (Å²) < 4.78 is 5.54. The molecule has 1 aromatic carbocycles. The number of aliphatic hydroxyl groups is 1. The first-order valence-corrected chi connectivity index (χ1v) is 5.37. The van der Waals surface area contributed by atoms with E-state index in [1.165, 1.54) is 0 Å². The molecule has 15 heavy (non-hydrogen) atoms. The lowest BCUT2D eigenvalue weighted by molar-refractivity contribution is 0.286. The summed E-state index contributed by atoms with van der Waals surface area (Å²) in [6, 6.07) is 6.02. The number of hydrogen-bond donors (Lipinski definition) is 2. The van der Waals surface area contributed by atoms with Gasteiger partial charge in [-0.25, -0.2) is 0 Å². The highest BCUT2D eigenvalue weighted by Crippen LogP contribution is 2.21. The van der Waals surface area contributed by atoms with Gasteiger partial charge in [-0.15, -0.1) is 0 Å². The van der Waals surface area contributed by atoms with Gasteiger partial charge in [-0.05, 0) is 37.0 Å². The number of benzene rings is 1. The van der Waals surface area contributed by atoms with Crippen molar-refractivity contribution in [1.82, 2.24) is 0 Å². The van der Waals surface area contributed by atoms with Crippen molar-refractivity contribution in [1.29, 1.82) is 0 Å². The maximum Gasteiger partial charge on any atom is 0.122 e. The molecule has 0 bridgehead atoms. The molecule has 3 nitrogen and oxygen atoms in total. The smallest absolute Gasteiger partial charge is 0.122 e. The van der Waals surface area contributed by atoms with E-state index in [0.29, 0.717) is 13.2 Å². The zero-order valence-electron chi connectivity index (χ0n) is 9.20. The Bertz CT molecular complexity index is 300. The number of aryl methyl sites for hydroxylation is 1. The van der Waals surface area contributed by atoms with Crippen LogP contribution in [0, 0.1) is 0 Å². The first-order valence-electron chi connectivity index (χ1n) is 5.37. The topological polar surface area (TPSA) is 55.5 Å². The van der Waals surface area contributed by atoms with Crippen molar-refractivity contribution in [3.05, 3.63) is 29.3 Å². The van der Waals surface area contributed by atoms with E-state index in [4.69, 9.17) is 15.6 Å². The van der Waals surface area contributed by atoms with Gasteiger partial charge in [0.2, 0.25) is 0 Å². The third kappa shape index (κ3) is 3.53. The number of aliphatic hydroxyl groups excluding tert-OH is 1. The summed E-state index contributed by atoms with van der Waals surface area (Å²) in [6.45, 7) is 3.36. The standard InChI is InChI=1S/C12H19NO2/c1-2-15-12-8-10(9-13)5-6-11(12)4-3-7-14/h5-6,8,14H,2-4,7,9,13H2,1H3. The van der Waals surface area contributed by atoms with Crippen molar-refractivity contribution in [2.75, 3.05) is 13.2 Å². The fourth-order valence-electron chi connectivity index (χ4n) is 1.49. The van der Waals surface area contributed by atoms with E-state index in [9.17, 15) is 0 Å². The van der Waals surface area contributed by atoms with Crippen molar-refractivity contribution >= 4 is 0 Å². The molecule has 0 heterocycles. The molecule has 0 spiro atoms. The fourth-order valence-corrected chi connectivity index (χ4v) is 1.49. The van der Waals surface area contributed by atoms with Gasteiger partial charge in [0.05, 0.1) is 6.61 Å². The molecule has 0 radical (unpaired) electrons. The third-order valence-electron chi connectivity index (χ3n) is 2.27. The Balaban J connectivity index is 2.82. The van der Waals surface area contributed by atoms with Gasteiger partial charge in [-0.1, -0.05) is 12.1 Å². The minimum absolute atomic E-state index is 0.213. The molecule has 1 aromatic rings. The van der Waals surface area contributed by atoms with E-state index in [2.05, 4.69) is 0 Å². The Morgan fingerprint density at radius 3 is 2.80 bits per heavy atom. The van der Waals surface area contributed by atoms with E-state index in [1.54, 1.807) is 0 Å². The average molecular weight is 209 g/mol. The molecule has 0 unspecified atom stereocenters. The van der Waals surface area contributed by atoms with Crippen molar-refractivity contribution < 1.29 is 9.84 Å². The molecular formula is C12H19NO2. The van der Waals surface area contributed by atoms with E-state index >= 15 is 0 Å². The molecule has 0 aliphatic rings. The summed E-state index contributed by atoms with van der Waals surface area (Å²) in [6.07, 6.45) is 1.61. The summed E-state index contributed by atoms with van der Waals surface area (Å²) in [5.41, 5.74) is 7.79. The summed E-state index contributed by atoms with van der Waals surface area (Å²) in [4.78, 5) is 0. The van der Waals surface area contributed by atoms with Crippen LogP contribution in [0.25, 0.3) is 0 Å². The fraction of sp³-hybridized carbons (Fsp3) is 0.500. The highest BCUT2D eigenvalue weighted by Gasteiger charge is 2.04. The maximum absolute atomic E-state index is 8.79. The Hall–Kier alpha value is -1.06. The van der Waals surface area contributed by atoms with Gasteiger partial charge < -0.3 is 15.6 Å². The third-order valence-corrected chi connectivity index (χ3v) is 2.27. The molecule has 0 fully saturated rings. The quantitative estimate of drug-likeness (QED) is 0.746. The molecule has 0 aromatic heterocycles. The SMILES string of the molecule is CCOc1cc(CN)ccc1CCCO. The molecule has 0 saturated heterocycles. The second-order valence-corrected chi connectivity index (χ2v) is 3.41. The van der Waals surface area contributed by atoms with Crippen molar-refractivity contribution in [3.8, 4) is 5.75 Å². The Kier molecular flexibility index (Phi) is 5.15. The van der Waals surface area contributed by atoms with Crippen LogP contribution in [0.1, 0.15) is 24.5 Å². The lowest BCUT2D eigenvalue weighted by Gasteiger charge is -2.11. The van der Waals surface area contributed by atoms with Crippen LogP contribution in [0.15, 0.2) is 18.2 Å². The molecule has 1 rings (SSSR count). The summed E-state index contributed by atoms with van der Waals surface area (Å²) in [5.74, 6) is 0.897. The number of ether oxygens (including phenoxy) is 1. The van der Waals surface area contributed by atoms with Gasteiger partial charge >= 0.3 is 0 Å². The molecular weight excluding hydrogens is 190 g/mol. The van der Waals surface area contributed by atoms with E-state index in [-0.39, 0.29) is 6.61 Å². The van der Waals surface area contributed by atoms with Crippen molar-refractivity contribution in [3.63, 3.8) is 0 Å². The summed E-state index contributed by atoms with van der Waals surface area (Å²) >= 11 is 0. The molecule has 84 valence electrons. The first-order chi connectivity index (χ1) is 7.31. The van der Waals surface area contributed by atoms with Crippen LogP contribution in [-0.4, -0.2) is 18.3 Å². The largest absolute Gasteiger partial charge is 0.494 e. The summed E-state index contributed by atoms with van der Waals surface area (Å²) in [5, 5.41) is 8.79. The van der Waals surface area contributed by atoms with Crippen LogP contribution in [0.3, 0.4) is 0 Å². The molecule has 0 amide bonds. The Morgan fingerprint density at radius 2 is 2.20 bits per heavy atom. The highest BCUT2D eigenvalue weighted by atomic mass is 16.5. The maximum atomic E-state index is 8.79. The zero-order valence-corrected chi connectivity index (χ0v) is 9.20. The number of hydrogen-bond acceptors (Lipinski definition) is 3. The first kappa shape index (κ1) is 12.0. The van der Waals surface area contributed by atoms with Gasteiger partial charge in [0.15, 0.2) is 0 Å². The van der Waals surface area contributed by atoms with E-state index in [0.717, 1.165) is 29.7 Å². The Morgan fingerprint density at radius 1 is 1.40 bits per heavy atom. The molecule has 3 N–H and O–H groups in total. The van der Waals surface area contributed by atoms with Gasteiger partial charge in [0, 0.05) is 13.2 Å². The Labute approximate surface area is 90.9 Å². The number of nitrogens with two attached hydrogens (primary N) is 1. The zero-order chi connectivity index (χ0) is 11.1. The van der Waals surface area contributed by atoms with Crippen molar-refractivity contribution in [2.24, 2.45) is 5.73 Å². The molecule has 3 heteroatoms. The molecule has 0 atom stereocenters. The predicted molar refractivity (Wildman–Crippen MR) is 60.9 cm³/mol. The normalized spacial score (nSPS) is 10.3. The second-order valence-electron chi connectivity index (χ2n) is 3.41. The van der Waals surface area contributed by atoms with E-state index < -0.39 is 0 Å². The average Bonchev–Trinajstić information content (AvgIpc) is 2.27. The van der Waals surface area contributed by atoms with Crippen LogP contribution in [0.2, 0.25) is 0 Å². The van der Waals surface area contributed by atoms with Crippen LogP contribution in [-0.2, 0) is 13.0 Å². The second kappa shape index (κ2) is 6.43. The monoisotopic (exact) mass is 209 g/mol. The van der Waals surface area contributed by atoms with Crippen LogP contribution < -0.4 is 10.5 Å². The highest BCUT2D eigenvalue weighted by molar-refractivity contribution is 5.37. The minimum Gasteiger partial charge on any atom is -0.494 e. The van der Waals surface area contributed by atoms with Crippen molar-refractivity contribution in [2.45, 2.75) is 26.3 Å². The van der Waals surface area contributed by atoms with Gasteiger partial charge in [-0.2, -0.15) is 0 Å². The van der Waals surface area contributed by atoms with E-state index in [1.807, 2.05) is 25.1 Å². The number of rotatable bonds is 6. The van der Waals surface area contributed by atoms with Gasteiger partial charge in [-0.3, -0.25) is 0 Å². The lowest BCUT2D eigenvalue weighted by atomic mass is 10.1. The summed E-state index contributed by atoms with van der Waals surface area (Å²) in [7, 11) is 0. The molecule has 0 aliphatic carbocycles. The van der Waals surface area contributed by atoms with Crippen LogP contribution in [0.5, 0.6) is 5.75 Å².